The summed E-state index contributed by atoms with van der Waals surface area (Å²) in [6.45, 7) is 1.63. The van der Waals surface area contributed by atoms with Crippen molar-refractivity contribution in [2.45, 2.75) is 44.1 Å². The number of hydrogen-bond donors (Lipinski definition) is 0. The fourth-order valence-corrected chi connectivity index (χ4v) is 4.00. The molecule has 5 nitrogen and oxygen atoms in total. The van der Waals surface area contributed by atoms with Crippen LogP contribution in [0.1, 0.15) is 48.8 Å². The lowest BCUT2D eigenvalue weighted by Crippen LogP contribution is -2.41. The summed E-state index contributed by atoms with van der Waals surface area (Å²) in [5.41, 5.74) is 2.80. The summed E-state index contributed by atoms with van der Waals surface area (Å²) in [5, 5.41) is 4.23. The van der Waals surface area contributed by atoms with Gasteiger partial charge < -0.3 is 4.90 Å². The van der Waals surface area contributed by atoms with Gasteiger partial charge >= 0.3 is 0 Å². The zero-order valence-corrected chi connectivity index (χ0v) is 13.3. The van der Waals surface area contributed by atoms with E-state index in [2.05, 4.69) is 34.3 Å². The van der Waals surface area contributed by atoms with Gasteiger partial charge in [-0.2, -0.15) is 5.10 Å². The van der Waals surface area contributed by atoms with Crippen molar-refractivity contribution in [2.24, 2.45) is 0 Å². The molecule has 1 aromatic carbocycles. The Morgan fingerprint density at radius 2 is 2.17 bits per heavy atom. The summed E-state index contributed by atoms with van der Waals surface area (Å²) in [6.07, 6.45) is 8.28. The van der Waals surface area contributed by atoms with E-state index in [9.17, 15) is 4.79 Å². The Labute approximate surface area is 136 Å². The molecular weight excluding hydrogens is 288 g/mol. The molecule has 1 aliphatic carbocycles. The molecule has 2 aromatic rings. The lowest BCUT2D eigenvalue weighted by molar-refractivity contribution is -0.133. The van der Waals surface area contributed by atoms with Crippen LogP contribution in [0.4, 0.5) is 0 Å². The van der Waals surface area contributed by atoms with E-state index in [4.69, 9.17) is 0 Å². The van der Waals surface area contributed by atoms with Crippen molar-refractivity contribution in [3.8, 4) is 0 Å². The SMILES string of the molecule is O=C(C[C@H]1CCc2ccccc21)N1CCC[C@H](n2cncn2)C1. The molecule has 1 amide bonds. The van der Waals surface area contributed by atoms with Crippen LogP contribution >= 0.6 is 0 Å². The number of carbonyl (C=O) groups excluding carboxylic acids is 1. The molecule has 1 saturated heterocycles. The summed E-state index contributed by atoms with van der Waals surface area (Å²) >= 11 is 0. The molecule has 0 spiro atoms. The Morgan fingerprint density at radius 3 is 3.04 bits per heavy atom. The van der Waals surface area contributed by atoms with E-state index in [1.807, 2.05) is 9.58 Å². The minimum Gasteiger partial charge on any atom is -0.341 e. The number of aromatic nitrogens is 3. The average molecular weight is 310 g/mol. The van der Waals surface area contributed by atoms with Crippen LogP contribution in [-0.2, 0) is 11.2 Å². The number of hydrogen-bond acceptors (Lipinski definition) is 3. The number of benzene rings is 1. The molecule has 2 heterocycles. The first-order valence-electron chi connectivity index (χ1n) is 8.51. The van der Waals surface area contributed by atoms with Crippen LogP contribution in [0.15, 0.2) is 36.9 Å². The molecule has 0 radical (unpaired) electrons. The van der Waals surface area contributed by atoms with Gasteiger partial charge in [-0.05, 0) is 42.7 Å². The van der Waals surface area contributed by atoms with E-state index in [0.29, 0.717) is 12.3 Å². The molecule has 1 aliphatic heterocycles. The van der Waals surface area contributed by atoms with E-state index >= 15 is 0 Å². The van der Waals surface area contributed by atoms with Gasteiger partial charge in [0.25, 0.3) is 0 Å². The Kier molecular flexibility index (Phi) is 3.85. The minimum absolute atomic E-state index is 0.270. The summed E-state index contributed by atoms with van der Waals surface area (Å²) in [5.74, 6) is 0.682. The number of amides is 1. The van der Waals surface area contributed by atoms with Gasteiger partial charge in [0.05, 0.1) is 6.04 Å². The van der Waals surface area contributed by atoms with Crippen LogP contribution in [0.3, 0.4) is 0 Å². The third kappa shape index (κ3) is 2.87. The second-order valence-corrected chi connectivity index (χ2v) is 6.65. The van der Waals surface area contributed by atoms with Crippen LogP contribution in [0, 0.1) is 0 Å². The smallest absolute Gasteiger partial charge is 0.223 e. The van der Waals surface area contributed by atoms with Gasteiger partial charge in [0.1, 0.15) is 12.7 Å². The predicted molar refractivity (Wildman–Crippen MR) is 87.0 cm³/mol. The molecule has 2 atom stereocenters. The third-order valence-electron chi connectivity index (χ3n) is 5.24. The molecule has 5 heteroatoms. The van der Waals surface area contributed by atoms with E-state index in [1.54, 1.807) is 12.7 Å². The standard InChI is InChI=1S/C18H22N4O/c23-18(10-15-8-7-14-4-1-2-6-17(14)15)21-9-3-5-16(11-21)22-13-19-12-20-22/h1-2,4,6,12-13,15-16H,3,5,7-11H2/t15-,16+/m1/s1. The number of fused-ring (bicyclic) bond motifs is 1. The summed E-state index contributed by atoms with van der Waals surface area (Å²) in [4.78, 5) is 18.8. The Hall–Kier alpha value is -2.17. The van der Waals surface area contributed by atoms with E-state index in [1.165, 1.54) is 11.1 Å². The molecule has 0 bridgehead atoms. The van der Waals surface area contributed by atoms with Crippen molar-refractivity contribution in [3.63, 3.8) is 0 Å². The maximum atomic E-state index is 12.8. The van der Waals surface area contributed by atoms with Crippen LogP contribution in [0.5, 0.6) is 0 Å². The molecule has 2 aliphatic rings. The molecule has 4 rings (SSSR count). The number of rotatable bonds is 3. The molecule has 0 unspecified atom stereocenters. The fraction of sp³-hybridized carbons (Fsp3) is 0.500. The predicted octanol–water partition coefficient (Wildman–Crippen LogP) is 2.56. The zero-order valence-electron chi connectivity index (χ0n) is 13.3. The van der Waals surface area contributed by atoms with Crippen molar-refractivity contribution in [2.75, 3.05) is 13.1 Å². The first-order chi connectivity index (χ1) is 11.3. The molecule has 0 N–H and O–H groups in total. The van der Waals surface area contributed by atoms with Gasteiger partial charge in [-0.1, -0.05) is 24.3 Å². The highest BCUT2D eigenvalue weighted by Crippen LogP contribution is 2.36. The summed E-state index contributed by atoms with van der Waals surface area (Å²) in [7, 11) is 0. The van der Waals surface area contributed by atoms with E-state index in [-0.39, 0.29) is 11.9 Å². The molecule has 23 heavy (non-hydrogen) atoms. The number of aryl methyl sites for hydroxylation is 1. The molecule has 0 saturated carbocycles. The van der Waals surface area contributed by atoms with Crippen LogP contribution in [-0.4, -0.2) is 38.7 Å². The zero-order chi connectivity index (χ0) is 15.6. The third-order valence-corrected chi connectivity index (χ3v) is 5.24. The molecule has 120 valence electrons. The number of nitrogens with zero attached hydrogens (tertiary/aromatic N) is 4. The average Bonchev–Trinajstić information content (AvgIpc) is 3.25. The normalized spacial score (nSPS) is 23.7. The van der Waals surface area contributed by atoms with Gasteiger partial charge in [-0.3, -0.25) is 4.79 Å². The first kappa shape index (κ1) is 14.4. The molecule has 1 aromatic heterocycles. The Morgan fingerprint density at radius 1 is 1.26 bits per heavy atom. The maximum absolute atomic E-state index is 12.8. The number of carbonyl (C=O) groups is 1. The van der Waals surface area contributed by atoms with Crippen molar-refractivity contribution in [1.82, 2.24) is 19.7 Å². The topological polar surface area (TPSA) is 51.0 Å². The number of piperidine rings is 1. The first-order valence-corrected chi connectivity index (χ1v) is 8.51. The lowest BCUT2D eigenvalue weighted by Gasteiger charge is -2.33. The highest BCUT2D eigenvalue weighted by Gasteiger charge is 2.29. The maximum Gasteiger partial charge on any atom is 0.223 e. The van der Waals surface area contributed by atoms with Crippen molar-refractivity contribution in [3.05, 3.63) is 48.0 Å². The van der Waals surface area contributed by atoms with E-state index in [0.717, 1.165) is 38.8 Å². The Balaban J connectivity index is 1.41. The van der Waals surface area contributed by atoms with E-state index < -0.39 is 0 Å². The van der Waals surface area contributed by atoms with Crippen LogP contribution in [0.25, 0.3) is 0 Å². The second-order valence-electron chi connectivity index (χ2n) is 6.65. The van der Waals surface area contributed by atoms with Crippen molar-refractivity contribution in [1.29, 1.82) is 0 Å². The highest BCUT2D eigenvalue weighted by atomic mass is 16.2. The Bertz CT molecular complexity index is 682. The lowest BCUT2D eigenvalue weighted by atomic mass is 9.96. The van der Waals surface area contributed by atoms with Gasteiger partial charge in [0.2, 0.25) is 5.91 Å². The summed E-state index contributed by atoms with van der Waals surface area (Å²) < 4.78 is 1.89. The summed E-state index contributed by atoms with van der Waals surface area (Å²) in [6, 6.07) is 8.83. The second kappa shape index (κ2) is 6.14. The minimum atomic E-state index is 0.270. The fourth-order valence-electron chi connectivity index (χ4n) is 4.00. The van der Waals surface area contributed by atoms with Crippen LogP contribution in [0.2, 0.25) is 0 Å². The quantitative estimate of drug-likeness (QED) is 0.875. The highest BCUT2D eigenvalue weighted by molar-refractivity contribution is 5.77. The van der Waals surface area contributed by atoms with Crippen molar-refractivity contribution < 1.29 is 4.79 Å². The monoisotopic (exact) mass is 310 g/mol. The van der Waals surface area contributed by atoms with Crippen molar-refractivity contribution >= 4 is 5.91 Å². The van der Waals surface area contributed by atoms with Gasteiger partial charge in [-0.15, -0.1) is 0 Å². The molecular formula is C18H22N4O. The van der Waals surface area contributed by atoms with Gasteiger partial charge in [0, 0.05) is 19.5 Å². The molecule has 1 fully saturated rings. The van der Waals surface area contributed by atoms with Crippen LogP contribution < -0.4 is 0 Å². The number of likely N-dealkylation sites (tertiary alicyclic amines) is 1. The largest absolute Gasteiger partial charge is 0.341 e. The van der Waals surface area contributed by atoms with Gasteiger partial charge in [0.15, 0.2) is 0 Å². The van der Waals surface area contributed by atoms with Gasteiger partial charge in [-0.25, -0.2) is 9.67 Å².